The Kier molecular flexibility index (Phi) is 14.5. The molecule has 62 heavy (non-hydrogen) atoms. The predicted octanol–water partition coefficient (Wildman–Crippen LogP) is 15.8. The second kappa shape index (κ2) is 18.9. The van der Waals surface area contributed by atoms with Gasteiger partial charge in [0, 0.05) is 10.8 Å². The number of hydrogen-bond donors (Lipinski definition) is 0. The van der Waals surface area contributed by atoms with Crippen molar-refractivity contribution in [1.29, 1.82) is 0 Å². The topological polar surface area (TPSA) is 52.6 Å². The van der Waals surface area contributed by atoms with E-state index in [1.54, 1.807) is 0 Å². The number of ether oxygens (including phenoxy) is 2. The van der Waals surface area contributed by atoms with Gasteiger partial charge in [-0.05, 0) is 209 Å². The molecule has 0 aliphatic heterocycles. The summed E-state index contributed by atoms with van der Waals surface area (Å²) >= 11 is 0. The number of carbonyl (C=O) groups is 2. The van der Waals surface area contributed by atoms with Crippen LogP contribution in [0.1, 0.15) is 236 Å². The molecule has 4 nitrogen and oxygen atoms in total. The molecule has 8 saturated carbocycles. The Morgan fingerprint density at radius 2 is 0.871 bits per heavy atom. The molecule has 0 amide bonds. The van der Waals surface area contributed by atoms with Crippen LogP contribution in [-0.4, -0.2) is 24.1 Å². The molecule has 0 saturated heterocycles. The first kappa shape index (κ1) is 47.4. The summed E-state index contributed by atoms with van der Waals surface area (Å²) in [7, 11) is 0. The molecule has 0 aromatic carbocycles. The summed E-state index contributed by atoms with van der Waals surface area (Å²) in [6, 6.07) is 0. The second-order valence-corrected chi connectivity index (χ2v) is 26.4. The lowest BCUT2D eigenvalue weighted by atomic mass is 9.44. The van der Waals surface area contributed by atoms with Crippen LogP contribution in [0, 0.1) is 105 Å². The lowest BCUT2D eigenvalue weighted by Gasteiger charge is -2.62. The van der Waals surface area contributed by atoms with E-state index < -0.39 is 0 Å². The first-order valence-electron chi connectivity index (χ1n) is 27.9. The van der Waals surface area contributed by atoms with Crippen molar-refractivity contribution in [2.45, 2.75) is 248 Å². The van der Waals surface area contributed by atoms with E-state index in [0.717, 1.165) is 84.9 Å². The van der Waals surface area contributed by atoms with E-state index in [1.807, 2.05) is 0 Å². The van der Waals surface area contributed by atoms with Gasteiger partial charge in [-0.25, -0.2) is 0 Å². The molecule has 8 aliphatic carbocycles. The van der Waals surface area contributed by atoms with Gasteiger partial charge in [-0.3, -0.25) is 9.59 Å². The van der Waals surface area contributed by atoms with Crippen LogP contribution in [0.15, 0.2) is 0 Å². The van der Waals surface area contributed by atoms with Crippen molar-refractivity contribution < 1.29 is 19.1 Å². The highest BCUT2D eigenvalue weighted by Crippen LogP contribution is 2.70. The Hall–Kier alpha value is -1.06. The molecule has 0 heterocycles. The zero-order valence-corrected chi connectivity index (χ0v) is 42.3. The molecule has 0 aromatic heterocycles. The number of carbonyl (C=O) groups excluding carboxylic acids is 2. The van der Waals surface area contributed by atoms with Gasteiger partial charge in [0.05, 0.1) is 12.8 Å². The number of rotatable bonds is 15. The van der Waals surface area contributed by atoms with Crippen LogP contribution < -0.4 is 0 Å². The summed E-state index contributed by atoms with van der Waals surface area (Å²) in [6.45, 7) is 25.2. The van der Waals surface area contributed by atoms with Gasteiger partial charge in [-0.1, -0.05) is 108 Å². The van der Waals surface area contributed by atoms with Crippen molar-refractivity contribution in [2.75, 3.05) is 0 Å². The minimum Gasteiger partial charge on any atom is -0.462 e. The lowest BCUT2D eigenvalue weighted by Crippen LogP contribution is -2.58. The quantitative estimate of drug-likeness (QED) is 0.154. The third-order valence-electron chi connectivity index (χ3n) is 22.8. The van der Waals surface area contributed by atoms with Gasteiger partial charge in [0.1, 0.15) is 12.2 Å². The van der Waals surface area contributed by atoms with Crippen LogP contribution >= 0.6 is 0 Å². The molecule has 8 aliphatic rings. The molecule has 0 radical (unpaired) electrons. The molecule has 0 aromatic rings. The Balaban J connectivity index is 0.870. The monoisotopic (exact) mass is 859 g/mol. The molecule has 8 rings (SSSR count). The van der Waals surface area contributed by atoms with E-state index in [2.05, 4.69) is 69.2 Å². The Labute approximate surface area is 382 Å². The molecule has 4 heteroatoms. The lowest BCUT2D eigenvalue weighted by molar-refractivity contribution is -0.196. The largest absolute Gasteiger partial charge is 0.462 e. The Bertz CT molecular complexity index is 1420. The molecule has 18 atom stereocenters. The fourth-order valence-electron chi connectivity index (χ4n) is 19.6. The second-order valence-electron chi connectivity index (χ2n) is 26.4. The Morgan fingerprint density at radius 1 is 0.468 bits per heavy atom. The van der Waals surface area contributed by atoms with Crippen molar-refractivity contribution in [3.8, 4) is 0 Å². The zero-order valence-electron chi connectivity index (χ0n) is 42.3. The molecule has 0 bridgehead atoms. The van der Waals surface area contributed by atoms with E-state index in [-0.39, 0.29) is 47.8 Å². The summed E-state index contributed by atoms with van der Waals surface area (Å²) in [5, 5.41) is 0. The molecule has 354 valence electrons. The third kappa shape index (κ3) is 8.57. The average Bonchev–Trinajstić information content (AvgIpc) is 3.77. The summed E-state index contributed by atoms with van der Waals surface area (Å²) in [5.74, 6) is 10.5. The van der Waals surface area contributed by atoms with Crippen LogP contribution in [0.4, 0.5) is 0 Å². The van der Waals surface area contributed by atoms with Crippen molar-refractivity contribution in [3.63, 3.8) is 0 Å². The molecule has 0 spiro atoms. The normalized spacial score (nSPS) is 45.8. The van der Waals surface area contributed by atoms with Gasteiger partial charge in [0.15, 0.2) is 0 Å². The van der Waals surface area contributed by atoms with Gasteiger partial charge in [0.25, 0.3) is 0 Å². The van der Waals surface area contributed by atoms with Gasteiger partial charge >= 0.3 is 11.9 Å². The van der Waals surface area contributed by atoms with Gasteiger partial charge in [-0.2, -0.15) is 0 Å². The van der Waals surface area contributed by atoms with E-state index in [1.165, 1.54) is 128 Å². The fourth-order valence-corrected chi connectivity index (χ4v) is 19.6. The molecule has 8 fully saturated rings. The third-order valence-corrected chi connectivity index (χ3v) is 22.8. The maximum atomic E-state index is 13.9. The zero-order chi connectivity index (χ0) is 44.2. The van der Waals surface area contributed by atoms with E-state index in [9.17, 15) is 9.59 Å². The first-order valence-corrected chi connectivity index (χ1v) is 27.9. The highest BCUT2D eigenvalue weighted by molar-refractivity contribution is 5.78. The molecule has 0 N–H and O–H groups in total. The highest BCUT2D eigenvalue weighted by atomic mass is 16.6. The van der Waals surface area contributed by atoms with Gasteiger partial charge < -0.3 is 9.47 Å². The van der Waals surface area contributed by atoms with Crippen LogP contribution in [0.5, 0.6) is 0 Å². The van der Waals surface area contributed by atoms with Crippen molar-refractivity contribution in [1.82, 2.24) is 0 Å². The predicted molar refractivity (Wildman–Crippen MR) is 255 cm³/mol. The summed E-state index contributed by atoms with van der Waals surface area (Å²) in [5.41, 5.74) is 1.06. The van der Waals surface area contributed by atoms with E-state index in [0.29, 0.717) is 34.5 Å². The Morgan fingerprint density at radius 3 is 1.26 bits per heavy atom. The average molecular weight is 859 g/mol. The minimum atomic E-state index is -0.154. The molecule has 2 unspecified atom stereocenters. The van der Waals surface area contributed by atoms with Crippen molar-refractivity contribution in [2.24, 2.45) is 105 Å². The van der Waals surface area contributed by atoms with E-state index in [4.69, 9.17) is 9.47 Å². The van der Waals surface area contributed by atoms with Crippen LogP contribution in [0.25, 0.3) is 0 Å². The highest BCUT2D eigenvalue weighted by Gasteiger charge is 2.64. The number of esters is 2. The SMILES string of the molecule is CC(C)CCC[C@H](C)[C@@H]1CC[C@H]2[C@H]3CC[C@H]4CCCC(OC(=O)CCC(=O)OC5CCC[C@@H]6CC[C@@H]7[C@@H]8CC[C@@H]([C@@H](C)CCCC(C)C)[C@@]8(C)CC[C@@H]7[C@@]56C)[C@]4(C)[C@H]3CC[C@@]21C. The van der Waals surface area contributed by atoms with Gasteiger partial charge in [0.2, 0.25) is 0 Å². The van der Waals surface area contributed by atoms with Crippen LogP contribution in [0.3, 0.4) is 0 Å². The van der Waals surface area contributed by atoms with Crippen molar-refractivity contribution in [3.05, 3.63) is 0 Å². The van der Waals surface area contributed by atoms with E-state index >= 15 is 0 Å². The minimum absolute atomic E-state index is 0.0125. The standard InChI is InChI=1S/C58H98O4/c1-37(2)15-11-17-39(5)45-27-29-47-43-25-23-41-19-13-21-51(57(41,9)49(43)33-35-55(45,47)7)61-53(59)31-32-54(60)62-52-22-14-20-42-24-26-44-48-30-28-46(40(6)18-12-16-38(3)4)56(48,8)36-34-50(44)58(42,52)10/h37-52H,11-36H2,1-10H3/t39-,40-,41+,42+,43+,44+,45-,46-,47-,48-,49-,50-,51?,52?,55+,56+,57-,58-/m0/s1. The maximum Gasteiger partial charge on any atom is 0.306 e. The van der Waals surface area contributed by atoms with Crippen LogP contribution in [-0.2, 0) is 19.1 Å². The van der Waals surface area contributed by atoms with Gasteiger partial charge in [-0.15, -0.1) is 0 Å². The fraction of sp³-hybridized carbons (Fsp3) is 0.966. The molecular formula is C58H98O4. The number of fused-ring (bicyclic) bond motifs is 10. The summed E-state index contributed by atoms with van der Waals surface area (Å²) in [4.78, 5) is 27.8. The number of hydrogen-bond acceptors (Lipinski definition) is 4. The molecular weight excluding hydrogens is 761 g/mol. The summed E-state index contributed by atoms with van der Waals surface area (Å²) in [6.07, 6.45) is 31.8. The maximum absolute atomic E-state index is 13.9. The summed E-state index contributed by atoms with van der Waals surface area (Å²) < 4.78 is 13.3. The smallest absolute Gasteiger partial charge is 0.306 e. The first-order chi connectivity index (χ1) is 29.5. The van der Waals surface area contributed by atoms with Crippen molar-refractivity contribution >= 4 is 11.9 Å². The van der Waals surface area contributed by atoms with Crippen LogP contribution in [0.2, 0.25) is 0 Å².